The topological polar surface area (TPSA) is 43.8 Å². The van der Waals surface area contributed by atoms with Gasteiger partial charge in [0.25, 0.3) is 0 Å². The van der Waals surface area contributed by atoms with Gasteiger partial charge in [-0.25, -0.2) is 4.98 Å². The van der Waals surface area contributed by atoms with Crippen LogP contribution in [0.25, 0.3) is 0 Å². The SMILES string of the molecule is CC1(CCCn2ccnc2N)CC1. The van der Waals surface area contributed by atoms with Gasteiger partial charge in [-0.05, 0) is 31.1 Å². The van der Waals surface area contributed by atoms with Crippen LogP contribution in [0.4, 0.5) is 5.95 Å². The molecule has 1 aromatic heterocycles. The number of rotatable bonds is 4. The number of nitrogens with two attached hydrogens (primary N) is 1. The Labute approximate surface area is 79.0 Å². The smallest absolute Gasteiger partial charge is 0.200 e. The van der Waals surface area contributed by atoms with E-state index in [0.29, 0.717) is 11.4 Å². The first-order valence-corrected chi connectivity index (χ1v) is 4.96. The summed E-state index contributed by atoms with van der Waals surface area (Å²) in [5.41, 5.74) is 6.32. The monoisotopic (exact) mass is 179 g/mol. The summed E-state index contributed by atoms with van der Waals surface area (Å²) >= 11 is 0. The quantitative estimate of drug-likeness (QED) is 0.768. The summed E-state index contributed by atoms with van der Waals surface area (Å²) in [5.74, 6) is 0.640. The van der Waals surface area contributed by atoms with Crippen molar-refractivity contribution in [1.29, 1.82) is 0 Å². The highest BCUT2D eigenvalue weighted by Crippen LogP contribution is 2.48. The maximum Gasteiger partial charge on any atom is 0.200 e. The lowest BCUT2D eigenvalue weighted by Crippen LogP contribution is -2.04. The minimum atomic E-state index is 0.640. The Morgan fingerprint density at radius 1 is 1.62 bits per heavy atom. The number of imidazole rings is 1. The molecule has 1 aliphatic rings. The molecule has 0 unspecified atom stereocenters. The first kappa shape index (κ1) is 8.60. The summed E-state index contributed by atoms with van der Waals surface area (Å²) in [6.45, 7) is 3.38. The number of hydrogen-bond donors (Lipinski definition) is 1. The summed E-state index contributed by atoms with van der Waals surface area (Å²) in [6, 6.07) is 0. The van der Waals surface area contributed by atoms with Crippen molar-refractivity contribution in [3.8, 4) is 0 Å². The minimum absolute atomic E-state index is 0.640. The van der Waals surface area contributed by atoms with E-state index in [1.807, 2.05) is 10.8 Å². The van der Waals surface area contributed by atoms with Crippen LogP contribution < -0.4 is 5.73 Å². The molecule has 72 valence electrons. The van der Waals surface area contributed by atoms with Crippen molar-refractivity contribution in [2.24, 2.45) is 5.41 Å². The van der Waals surface area contributed by atoms with Crippen molar-refractivity contribution in [2.75, 3.05) is 5.73 Å². The first-order valence-electron chi connectivity index (χ1n) is 4.96. The molecule has 0 atom stereocenters. The molecule has 3 nitrogen and oxygen atoms in total. The molecular formula is C10H17N3. The van der Waals surface area contributed by atoms with E-state index in [4.69, 9.17) is 5.73 Å². The highest BCUT2D eigenvalue weighted by molar-refractivity contribution is 5.16. The van der Waals surface area contributed by atoms with E-state index in [1.165, 1.54) is 25.7 Å². The summed E-state index contributed by atoms with van der Waals surface area (Å²) in [7, 11) is 0. The number of aromatic nitrogens is 2. The molecule has 1 heterocycles. The highest BCUT2D eigenvalue weighted by atomic mass is 15.1. The zero-order valence-corrected chi connectivity index (χ0v) is 8.16. The fourth-order valence-electron chi connectivity index (χ4n) is 1.67. The Bertz CT molecular complexity index is 286. The average molecular weight is 179 g/mol. The van der Waals surface area contributed by atoms with Crippen LogP contribution in [0.1, 0.15) is 32.6 Å². The van der Waals surface area contributed by atoms with Crippen molar-refractivity contribution < 1.29 is 0 Å². The van der Waals surface area contributed by atoms with Gasteiger partial charge in [0.2, 0.25) is 0 Å². The van der Waals surface area contributed by atoms with Crippen LogP contribution in [0.5, 0.6) is 0 Å². The number of aryl methyl sites for hydroxylation is 1. The summed E-state index contributed by atoms with van der Waals surface area (Å²) in [6.07, 6.45) is 9.07. The molecule has 1 fully saturated rings. The van der Waals surface area contributed by atoms with E-state index in [9.17, 15) is 0 Å². The van der Waals surface area contributed by atoms with E-state index in [1.54, 1.807) is 6.20 Å². The lowest BCUT2D eigenvalue weighted by Gasteiger charge is -2.08. The van der Waals surface area contributed by atoms with Crippen LogP contribution in [0.3, 0.4) is 0 Å². The molecular weight excluding hydrogens is 162 g/mol. The molecule has 1 saturated carbocycles. The standard InChI is InChI=1S/C10H17N3/c1-10(4-5-10)3-2-7-13-8-6-12-9(13)11/h6,8H,2-5,7H2,1H3,(H2,11,12). The summed E-state index contributed by atoms with van der Waals surface area (Å²) < 4.78 is 2.02. The van der Waals surface area contributed by atoms with E-state index < -0.39 is 0 Å². The van der Waals surface area contributed by atoms with Crippen LogP contribution in [0.2, 0.25) is 0 Å². The van der Waals surface area contributed by atoms with E-state index in [2.05, 4.69) is 11.9 Å². The summed E-state index contributed by atoms with van der Waals surface area (Å²) in [4.78, 5) is 3.99. The first-order chi connectivity index (χ1) is 6.20. The Morgan fingerprint density at radius 3 is 2.92 bits per heavy atom. The Morgan fingerprint density at radius 2 is 2.38 bits per heavy atom. The number of hydrogen-bond acceptors (Lipinski definition) is 2. The lowest BCUT2D eigenvalue weighted by molar-refractivity contribution is 0.466. The molecule has 1 aromatic rings. The van der Waals surface area contributed by atoms with Crippen molar-refractivity contribution in [2.45, 2.75) is 39.2 Å². The van der Waals surface area contributed by atoms with Crippen molar-refractivity contribution in [1.82, 2.24) is 9.55 Å². The van der Waals surface area contributed by atoms with Gasteiger partial charge >= 0.3 is 0 Å². The third-order valence-electron chi connectivity index (χ3n) is 3.03. The van der Waals surface area contributed by atoms with Crippen LogP contribution in [0.15, 0.2) is 12.4 Å². The van der Waals surface area contributed by atoms with Crippen LogP contribution in [-0.4, -0.2) is 9.55 Å². The fourth-order valence-corrected chi connectivity index (χ4v) is 1.67. The molecule has 0 aliphatic heterocycles. The molecule has 0 amide bonds. The van der Waals surface area contributed by atoms with Crippen LogP contribution >= 0.6 is 0 Å². The maximum absolute atomic E-state index is 5.66. The summed E-state index contributed by atoms with van der Waals surface area (Å²) in [5, 5.41) is 0. The van der Waals surface area contributed by atoms with Gasteiger partial charge in [0, 0.05) is 18.9 Å². The molecule has 0 spiro atoms. The van der Waals surface area contributed by atoms with E-state index in [-0.39, 0.29) is 0 Å². The van der Waals surface area contributed by atoms with Gasteiger partial charge in [-0.2, -0.15) is 0 Å². The zero-order chi connectivity index (χ0) is 9.31. The average Bonchev–Trinajstić information content (AvgIpc) is 2.68. The molecule has 0 aromatic carbocycles. The van der Waals surface area contributed by atoms with E-state index >= 15 is 0 Å². The third-order valence-corrected chi connectivity index (χ3v) is 3.03. The molecule has 13 heavy (non-hydrogen) atoms. The lowest BCUT2D eigenvalue weighted by atomic mass is 10.0. The molecule has 1 aliphatic carbocycles. The largest absolute Gasteiger partial charge is 0.369 e. The van der Waals surface area contributed by atoms with Crippen molar-refractivity contribution in [3.05, 3.63) is 12.4 Å². The predicted octanol–water partition coefficient (Wildman–Crippen LogP) is 2.05. The Hall–Kier alpha value is -0.990. The molecule has 2 N–H and O–H groups in total. The second-order valence-electron chi connectivity index (χ2n) is 4.39. The fraction of sp³-hybridized carbons (Fsp3) is 0.700. The van der Waals surface area contributed by atoms with Gasteiger partial charge in [-0.15, -0.1) is 0 Å². The molecule has 0 radical (unpaired) electrons. The molecule has 2 rings (SSSR count). The van der Waals surface area contributed by atoms with Gasteiger partial charge < -0.3 is 10.3 Å². The zero-order valence-electron chi connectivity index (χ0n) is 8.16. The number of nitrogen functional groups attached to an aromatic ring is 1. The van der Waals surface area contributed by atoms with Gasteiger partial charge in [0.1, 0.15) is 0 Å². The Kier molecular flexibility index (Phi) is 2.02. The second-order valence-corrected chi connectivity index (χ2v) is 4.39. The number of anilines is 1. The third kappa shape index (κ3) is 2.02. The van der Waals surface area contributed by atoms with Gasteiger partial charge in [-0.3, -0.25) is 0 Å². The van der Waals surface area contributed by atoms with Gasteiger partial charge in [0.15, 0.2) is 5.95 Å². The molecule has 0 bridgehead atoms. The Balaban J connectivity index is 1.77. The van der Waals surface area contributed by atoms with Gasteiger partial charge in [-0.1, -0.05) is 6.92 Å². The van der Waals surface area contributed by atoms with Crippen molar-refractivity contribution >= 4 is 5.95 Å². The maximum atomic E-state index is 5.66. The predicted molar refractivity (Wildman–Crippen MR) is 53.2 cm³/mol. The van der Waals surface area contributed by atoms with Crippen LogP contribution in [-0.2, 0) is 6.54 Å². The van der Waals surface area contributed by atoms with Crippen LogP contribution in [0, 0.1) is 5.41 Å². The normalized spacial score (nSPS) is 18.8. The highest BCUT2D eigenvalue weighted by Gasteiger charge is 2.36. The van der Waals surface area contributed by atoms with Crippen molar-refractivity contribution in [3.63, 3.8) is 0 Å². The van der Waals surface area contributed by atoms with E-state index in [0.717, 1.165) is 6.54 Å². The minimum Gasteiger partial charge on any atom is -0.369 e. The molecule has 0 saturated heterocycles. The number of nitrogens with zero attached hydrogens (tertiary/aromatic N) is 2. The molecule has 3 heteroatoms. The van der Waals surface area contributed by atoms with Gasteiger partial charge in [0.05, 0.1) is 0 Å². The second kappa shape index (κ2) is 3.05.